The maximum Gasteiger partial charge on any atom is 0.411 e. The van der Waals surface area contributed by atoms with Crippen LogP contribution in [0.1, 0.15) is 80.4 Å². The monoisotopic (exact) mass is 694 g/mol. The van der Waals surface area contributed by atoms with E-state index >= 15 is 26.3 Å². The van der Waals surface area contributed by atoms with Crippen LogP contribution < -0.4 is 9.64 Å². The van der Waals surface area contributed by atoms with Gasteiger partial charge in [0.15, 0.2) is 0 Å². The lowest BCUT2D eigenvalue weighted by Gasteiger charge is -2.39. The first-order valence-electron chi connectivity index (χ1n) is 15.2. The summed E-state index contributed by atoms with van der Waals surface area (Å²) in [4.78, 5) is 53.6. The number of nitrogens with zero attached hydrogens (tertiary/aromatic N) is 2. The highest BCUT2D eigenvalue weighted by molar-refractivity contribution is 6.35. The zero-order valence-electron chi connectivity index (χ0n) is 27.5. The number of amides is 4. The molecule has 0 aliphatic carbocycles. The summed E-state index contributed by atoms with van der Waals surface area (Å²) in [5, 5.41) is 0. The van der Waals surface area contributed by atoms with Gasteiger partial charge < -0.3 is 4.74 Å². The number of carbonyl (C=O) groups excluding carboxylic acids is 4. The molecule has 0 aromatic heterocycles. The lowest BCUT2D eigenvalue weighted by atomic mass is 9.71. The van der Waals surface area contributed by atoms with Crippen molar-refractivity contribution in [1.29, 1.82) is 0 Å². The molecule has 0 fully saturated rings. The minimum atomic E-state index is -5.83. The Bertz CT molecular complexity index is 2130. The van der Waals surface area contributed by atoms with Gasteiger partial charge in [0.05, 0.1) is 27.9 Å². The Morgan fingerprint density at radius 1 is 0.520 bits per heavy atom. The van der Waals surface area contributed by atoms with E-state index < -0.39 is 52.5 Å². The molecule has 0 bridgehead atoms. The molecule has 50 heavy (non-hydrogen) atoms. The number of halogens is 6. The van der Waals surface area contributed by atoms with Crippen molar-refractivity contribution < 1.29 is 50.3 Å². The summed E-state index contributed by atoms with van der Waals surface area (Å²) >= 11 is 0. The van der Waals surface area contributed by atoms with Crippen LogP contribution in [-0.2, 0) is 5.41 Å². The molecule has 6 rings (SSSR count). The molecule has 0 spiro atoms. The molecule has 4 aromatic carbocycles. The third-order valence-electron chi connectivity index (χ3n) is 9.51. The summed E-state index contributed by atoms with van der Waals surface area (Å²) in [6, 6.07) is 11.4. The average Bonchev–Trinajstić information content (AvgIpc) is 3.37. The highest BCUT2D eigenvalue weighted by atomic mass is 19.4. The summed E-state index contributed by atoms with van der Waals surface area (Å²) in [6.45, 7) is 6.97. The van der Waals surface area contributed by atoms with Gasteiger partial charge in [-0.2, -0.15) is 26.3 Å². The van der Waals surface area contributed by atoms with Crippen LogP contribution in [0.3, 0.4) is 0 Å². The van der Waals surface area contributed by atoms with Gasteiger partial charge in [-0.05, 0) is 110 Å². The zero-order chi connectivity index (χ0) is 36.8. The molecule has 13 heteroatoms. The van der Waals surface area contributed by atoms with Crippen LogP contribution >= 0.6 is 0 Å². The third kappa shape index (κ3) is 4.89. The number of ether oxygens (including phenoxy) is 1. The topological polar surface area (TPSA) is 84.0 Å². The number of aryl methyl sites for hydroxylation is 4. The van der Waals surface area contributed by atoms with Gasteiger partial charge in [-0.25, -0.2) is 4.90 Å². The summed E-state index contributed by atoms with van der Waals surface area (Å²) in [5.74, 6) is -2.45. The van der Waals surface area contributed by atoms with E-state index in [1.165, 1.54) is 71.1 Å². The molecule has 0 radical (unpaired) electrons. The first kappa shape index (κ1) is 34.4. The molecule has 7 nitrogen and oxygen atoms in total. The van der Waals surface area contributed by atoms with Crippen molar-refractivity contribution in [2.24, 2.45) is 0 Å². The van der Waals surface area contributed by atoms with Crippen molar-refractivity contribution in [1.82, 2.24) is 4.90 Å². The van der Waals surface area contributed by atoms with Crippen LogP contribution in [0.5, 0.6) is 11.5 Å². The first-order chi connectivity index (χ1) is 23.2. The molecule has 2 heterocycles. The summed E-state index contributed by atoms with van der Waals surface area (Å²) in [6.07, 6.45) is -11.7. The Balaban J connectivity index is 1.40. The van der Waals surface area contributed by atoms with Crippen molar-refractivity contribution in [3.8, 4) is 11.5 Å². The number of rotatable bonds is 5. The maximum absolute atomic E-state index is 15.0. The number of carbonyl (C=O) groups is 4. The number of imide groups is 2. The molecule has 0 saturated carbocycles. The summed E-state index contributed by atoms with van der Waals surface area (Å²) in [5.41, 5.74) is -5.79. The van der Waals surface area contributed by atoms with E-state index in [1.54, 1.807) is 6.92 Å². The van der Waals surface area contributed by atoms with Crippen molar-refractivity contribution in [2.75, 3.05) is 11.9 Å². The molecular formula is C37H28F6N2O5. The zero-order valence-corrected chi connectivity index (χ0v) is 27.5. The fourth-order valence-electron chi connectivity index (χ4n) is 6.79. The molecule has 258 valence electrons. The second-order valence-electron chi connectivity index (χ2n) is 12.6. The number of hydrogen-bond acceptors (Lipinski definition) is 5. The maximum atomic E-state index is 15.0. The molecule has 2 aliphatic heterocycles. The van der Waals surface area contributed by atoms with Gasteiger partial charge in [0.2, 0.25) is 5.41 Å². The Hall–Kier alpha value is -5.46. The Kier molecular flexibility index (Phi) is 7.77. The van der Waals surface area contributed by atoms with Crippen molar-refractivity contribution in [3.05, 3.63) is 122 Å². The smallest absolute Gasteiger partial charge is 0.411 e. The Morgan fingerprint density at radius 3 is 1.36 bits per heavy atom. The van der Waals surface area contributed by atoms with Gasteiger partial charge in [0.1, 0.15) is 11.5 Å². The minimum absolute atomic E-state index is 0.0629. The number of anilines is 1. The summed E-state index contributed by atoms with van der Waals surface area (Å²) < 4.78 is 95.8. The van der Waals surface area contributed by atoms with E-state index in [-0.39, 0.29) is 61.7 Å². The van der Waals surface area contributed by atoms with Gasteiger partial charge in [-0.15, -0.1) is 0 Å². The van der Waals surface area contributed by atoms with Crippen LogP contribution in [0, 0.1) is 34.6 Å². The lowest BCUT2D eigenvalue weighted by Crippen LogP contribution is -2.55. The fourth-order valence-corrected chi connectivity index (χ4v) is 6.79. The minimum Gasteiger partial charge on any atom is -0.457 e. The van der Waals surface area contributed by atoms with Gasteiger partial charge in [-0.3, -0.25) is 24.1 Å². The standard InChI is InChI=1S/C37H28F6N2O5/c1-17-11-22(12-18(2)21(17)5)35(36(38,39)40,37(41,42)43)23-13-19(3)30(20(4)14-23)45-33(48)27-10-8-25(16-29(27)34(45)49)50-24-7-9-26-28(15-24)32(47)44(6)31(26)46/h7-16H,1-6H3. The number of benzene rings is 4. The highest BCUT2D eigenvalue weighted by Crippen LogP contribution is 2.57. The van der Waals surface area contributed by atoms with Crippen LogP contribution in [0.25, 0.3) is 0 Å². The normalized spacial score (nSPS) is 14.9. The molecule has 0 N–H and O–H groups in total. The van der Waals surface area contributed by atoms with Gasteiger partial charge in [0.25, 0.3) is 23.6 Å². The SMILES string of the molecule is Cc1cc(C(c2cc(C)c(N3C(=O)c4ccc(Oc5ccc6c(c5)C(=O)N(C)C6=O)cc4C3=O)c(C)c2)(C(F)(F)F)C(F)(F)F)cc(C)c1C. The van der Waals surface area contributed by atoms with E-state index in [0.29, 0.717) is 5.56 Å². The Morgan fingerprint density at radius 2 is 0.900 bits per heavy atom. The molecule has 0 saturated heterocycles. The predicted molar refractivity (Wildman–Crippen MR) is 170 cm³/mol. The first-order valence-corrected chi connectivity index (χ1v) is 15.2. The Labute approximate surface area is 282 Å². The van der Waals surface area contributed by atoms with Crippen molar-refractivity contribution in [2.45, 2.75) is 52.4 Å². The second-order valence-corrected chi connectivity index (χ2v) is 12.6. The fraction of sp³-hybridized carbons (Fsp3) is 0.243. The van der Waals surface area contributed by atoms with E-state index in [0.717, 1.165) is 34.1 Å². The predicted octanol–water partition coefficient (Wildman–Crippen LogP) is 8.46. The third-order valence-corrected chi connectivity index (χ3v) is 9.51. The number of hydrogen-bond donors (Lipinski definition) is 0. The van der Waals surface area contributed by atoms with Gasteiger partial charge in [-0.1, -0.05) is 24.3 Å². The highest BCUT2D eigenvalue weighted by Gasteiger charge is 2.72. The van der Waals surface area contributed by atoms with E-state index in [2.05, 4.69) is 0 Å². The number of alkyl halides is 6. The summed E-state index contributed by atoms with van der Waals surface area (Å²) in [7, 11) is 1.34. The van der Waals surface area contributed by atoms with Crippen molar-refractivity contribution in [3.63, 3.8) is 0 Å². The molecule has 2 aliphatic rings. The molecule has 0 unspecified atom stereocenters. The van der Waals surface area contributed by atoms with Crippen LogP contribution in [0.4, 0.5) is 32.0 Å². The molecule has 4 amide bonds. The second kappa shape index (κ2) is 11.3. The van der Waals surface area contributed by atoms with E-state index in [4.69, 9.17) is 4.74 Å². The van der Waals surface area contributed by atoms with Gasteiger partial charge >= 0.3 is 12.4 Å². The van der Waals surface area contributed by atoms with Gasteiger partial charge in [0, 0.05) is 7.05 Å². The van der Waals surface area contributed by atoms with E-state index in [1.807, 2.05) is 0 Å². The quantitative estimate of drug-likeness (QED) is 0.155. The van der Waals surface area contributed by atoms with Crippen LogP contribution in [0.15, 0.2) is 60.7 Å². The van der Waals surface area contributed by atoms with Crippen LogP contribution in [0.2, 0.25) is 0 Å². The largest absolute Gasteiger partial charge is 0.457 e. The number of fused-ring (bicyclic) bond motifs is 2. The molecular weight excluding hydrogens is 666 g/mol. The molecule has 0 atom stereocenters. The molecule has 4 aromatic rings. The van der Waals surface area contributed by atoms with Crippen LogP contribution in [-0.4, -0.2) is 47.9 Å². The average molecular weight is 695 g/mol. The van der Waals surface area contributed by atoms with Crippen molar-refractivity contribution >= 4 is 29.3 Å². The van der Waals surface area contributed by atoms with E-state index in [9.17, 15) is 19.2 Å². The lowest BCUT2D eigenvalue weighted by molar-refractivity contribution is -0.288.